The highest BCUT2D eigenvalue weighted by Crippen LogP contribution is 2.31. The summed E-state index contributed by atoms with van der Waals surface area (Å²) in [4.78, 5) is 4.04. The van der Waals surface area contributed by atoms with Crippen LogP contribution < -0.4 is 4.74 Å². The Bertz CT molecular complexity index is 342. The van der Waals surface area contributed by atoms with Gasteiger partial charge >= 0.3 is 0 Å². The molecule has 2 rings (SSSR count). The zero-order valence-corrected chi connectivity index (χ0v) is 11.2. The van der Waals surface area contributed by atoms with Crippen LogP contribution in [0.4, 0.5) is 0 Å². The monoisotopic (exact) mass is 283 g/mol. The number of hydrogen-bond acceptors (Lipinski definition) is 2. The van der Waals surface area contributed by atoms with Gasteiger partial charge in [-0.05, 0) is 47.2 Å². The highest BCUT2D eigenvalue weighted by molar-refractivity contribution is 9.10. The van der Waals surface area contributed by atoms with E-state index in [4.69, 9.17) is 4.74 Å². The predicted octanol–water partition coefficient (Wildman–Crippen LogP) is 4.19. The summed E-state index contributed by atoms with van der Waals surface area (Å²) in [6, 6.07) is 1.93. The normalized spacial score (nSPS) is 25.4. The van der Waals surface area contributed by atoms with Crippen molar-refractivity contribution < 1.29 is 4.74 Å². The molecule has 0 spiro atoms. The largest absolute Gasteiger partial charge is 0.489 e. The van der Waals surface area contributed by atoms with Gasteiger partial charge in [-0.1, -0.05) is 19.8 Å². The van der Waals surface area contributed by atoms with Crippen molar-refractivity contribution in [1.82, 2.24) is 4.98 Å². The molecule has 16 heavy (non-hydrogen) atoms. The molecule has 0 N–H and O–H groups in total. The second-order valence-electron chi connectivity index (χ2n) is 4.49. The van der Waals surface area contributed by atoms with Gasteiger partial charge in [0, 0.05) is 12.4 Å². The Labute approximate surface area is 106 Å². The Balaban J connectivity index is 1.97. The molecule has 88 valence electrons. The van der Waals surface area contributed by atoms with Crippen LogP contribution >= 0.6 is 15.9 Å². The molecule has 0 saturated heterocycles. The van der Waals surface area contributed by atoms with E-state index in [2.05, 4.69) is 27.8 Å². The average Bonchev–Trinajstić information content (AvgIpc) is 2.32. The van der Waals surface area contributed by atoms with Crippen LogP contribution in [0.25, 0.3) is 0 Å². The lowest BCUT2D eigenvalue weighted by atomic mass is 9.85. The molecule has 0 amide bonds. The van der Waals surface area contributed by atoms with Crippen molar-refractivity contribution >= 4 is 15.9 Å². The fraction of sp³-hybridized carbons (Fsp3) is 0.615. The molecule has 1 fully saturated rings. The molecule has 2 nitrogen and oxygen atoms in total. The highest BCUT2D eigenvalue weighted by Gasteiger charge is 2.22. The minimum absolute atomic E-state index is 0.386. The first kappa shape index (κ1) is 11.9. The topological polar surface area (TPSA) is 22.1 Å². The fourth-order valence-corrected chi connectivity index (χ4v) is 2.70. The van der Waals surface area contributed by atoms with Crippen LogP contribution in [0.3, 0.4) is 0 Å². The zero-order valence-electron chi connectivity index (χ0n) is 9.66. The molecule has 1 aliphatic carbocycles. The second-order valence-corrected chi connectivity index (χ2v) is 5.34. The summed E-state index contributed by atoms with van der Waals surface area (Å²) in [5.41, 5.74) is 0. The average molecular weight is 284 g/mol. The molecule has 1 aliphatic rings. The van der Waals surface area contributed by atoms with Gasteiger partial charge in [0.05, 0.1) is 10.6 Å². The first-order valence-electron chi connectivity index (χ1n) is 6.05. The highest BCUT2D eigenvalue weighted by atomic mass is 79.9. The minimum Gasteiger partial charge on any atom is -0.489 e. The molecule has 1 saturated carbocycles. The van der Waals surface area contributed by atoms with E-state index < -0.39 is 0 Å². The Morgan fingerprint density at radius 3 is 3.12 bits per heavy atom. The Morgan fingerprint density at radius 2 is 2.38 bits per heavy atom. The zero-order chi connectivity index (χ0) is 11.4. The van der Waals surface area contributed by atoms with Gasteiger partial charge in [0.2, 0.25) is 0 Å². The van der Waals surface area contributed by atoms with Crippen molar-refractivity contribution in [2.24, 2.45) is 5.92 Å². The summed E-state index contributed by atoms with van der Waals surface area (Å²) < 4.78 is 6.98. The molecule has 0 bridgehead atoms. The Hall–Kier alpha value is -0.570. The molecule has 1 aromatic heterocycles. The molecule has 2 atom stereocenters. The number of rotatable bonds is 3. The van der Waals surface area contributed by atoms with Crippen LogP contribution in [0.15, 0.2) is 22.9 Å². The van der Waals surface area contributed by atoms with Gasteiger partial charge in [-0.25, -0.2) is 0 Å². The lowest BCUT2D eigenvalue weighted by Crippen LogP contribution is -2.25. The maximum absolute atomic E-state index is 6.03. The molecule has 0 aromatic carbocycles. The number of ether oxygens (including phenoxy) is 1. The van der Waals surface area contributed by atoms with Gasteiger partial charge in [0.25, 0.3) is 0 Å². The second kappa shape index (κ2) is 5.67. The van der Waals surface area contributed by atoms with E-state index in [0.29, 0.717) is 6.10 Å². The SMILES string of the molecule is CCC1CCCC(Oc2ccncc2Br)C1. The van der Waals surface area contributed by atoms with Crippen LogP contribution in [0.5, 0.6) is 5.75 Å². The molecule has 3 heteroatoms. The van der Waals surface area contributed by atoms with Crippen molar-refractivity contribution in [3.05, 3.63) is 22.9 Å². The van der Waals surface area contributed by atoms with Gasteiger partial charge in [-0.3, -0.25) is 4.98 Å². The molecular formula is C13H18BrNO. The third-order valence-corrected chi connectivity index (χ3v) is 3.94. The van der Waals surface area contributed by atoms with Gasteiger partial charge in [-0.2, -0.15) is 0 Å². The van der Waals surface area contributed by atoms with Crippen molar-refractivity contribution in [2.75, 3.05) is 0 Å². The first-order chi connectivity index (χ1) is 7.79. The fourth-order valence-electron chi connectivity index (χ4n) is 2.36. The number of aromatic nitrogens is 1. The van der Waals surface area contributed by atoms with Crippen LogP contribution in [0.1, 0.15) is 39.0 Å². The van der Waals surface area contributed by atoms with Gasteiger partial charge in [-0.15, -0.1) is 0 Å². The molecule has 2 unspecified atom stereocenters. The lowest BCUT2D eigenvalue weighted by Gasteiger charge is -2.29. The maximum atomic E-state index is 6.03. The van der Waals surface area contributed by atoms with E-state index in [1.54, 1.807) is 12.4 Å². The van der Waals surface area contributed by atoms with Crippen molar-refractivity contribution in [3.63, 3.8) is 0 Å². The molecule has 1 aromatic rings. The van der Waals surface area contributed by atoms with Gasteiger partial charge in [0.1, 0.15) is 5.75 Å². The number of hydrogen-bond donors (Lipinski definition) is 0. The van der Waals surface area contributed by atoms with Gasteiger partial charge in [0.15, 0.2) is 0 Å². The van der Waals surface area contributed by atoms with Crippen LogP contribution in [-0.2, 0) is 0 Å². The van der Waals surface area contributed by atoms with Crippen LogP contribution in [-0.4, -0.2) is 11.1 Å². The minimum atomic E-state index is 0.386. The maximum Gasteiger partial charge on any atom is 0.136 e. The summed E-state index contributed by atoms with van der Waals surface area (Å²) >= 11 is 3.47. The summed E-state index contributed by atoms with van der Waals surface area (Å²) in [6.45, 7) is 2.27. The predicted molar refractivity (Wildman–Crippen MR) is 68.6 cm³/mol. The van der Waals surface area contributed by atoms with Crippen molar-refractivity contribution in [1.29, 1.82) is 0 Å². The smallest absolute Gasteiger partial charge is 0.136 e. The molecule has 0 radical (unpaired) electrons. The van der Waals surface area contributed by atoms with E-state index >= 15 is 0 Å². The summed E-state index contributed by atoms with van der Waals surface area (Å²) in [7, 11) is 0. The van der Waals surface area contributed by atoms with Gasteiger partial charge < -0.3 is 4.74 Å². The number of nitrogens with zero attached hydrogens (tertiary/aromatic N) is 1. The third kappa shape index (κ3) is 2.97. The first-order valence-corrected chi connectivity index (χ1v) is 6.85. The van der Waals surface area contributed by atoms with E-state index in [1.165, 1.54) is 32.1 Å². The number of halogens is 1. The van der Waals surface area contributed by atoms with E-state index in [-0.39, 0.29) is 0 Å². The standard InChI is InChI=1S/C13H18BrNO/c1-2-10-4-3-5-11(8-10)16-13-6-7-15-9-12(13)14/h6-7,9-11H,2-5,8H2,1H3. The van der Waals surface area contributed by atoms with Crippen molar-refractivity contribution in [2.45, 2.75) is 45.1 Å². The Morgan fingerprint density at radius 1 is 1.50 bits per heavy atom. The molecule has 0 aliphatic heterocycles. The van der Waals surface area contributed by atoms with E-state index in [0.717, 1.165) is 16.1 Å². The quantitative estimate of drug-likeness (QED) is 0.830. The third-order valence-electron chi connectivity index (χ3n) is 3.34. The number of pyridine rings is 1. The lowest BCUT2D eigenvalue weighted by molar-refractivity contribution is 0.121. The Kier molecular flexibility index (Phi) is 4.22. The van der Waals surface area contributed by atoms with Crippen LogP contribution in [0, 0.1) is 5.92 Å². The van der Waals surface area contributed by atoms with E-state index in [1.807, 2.05) is 6.07 Å². The summed E-state index contributed by atoms with van der Waals surface area (Å²) in [5, 5.41) is 0. The summed E-state index contributed by atoms with van der Waals surface area (Å²) in [6.07, 6.45) is 10.3. The van der Waals surface area contributed by atoms with E-state index in [9.17, 15) is 0 Å². The summed E-state index contributed by atoms with van der Waals surface area (Å²) in [5.74, 6) is 1.77. The van der Waals surface area contributed by atoms with Crippen LogP contribution in [0.2, 0.25) is 0 Å². The van der Waals surface area contributed by atoms with Crippen molar-refractivity contribution in [3.8, 4) is 5.75 Å². The molecular weight excluding hydrogens is 266 g/mol. The molecule has 1 heterocycles.